The van der Waals surface area contributed by atoms with Gasteiger partial charge in [-0.1, -0.05) is 12.1 Å². The van der Waals surface area contributed by atoms with Crippen LogP contribution >= 0.6 is 11.3 Å². The van der Waals surface area contributed by atoms with Gasteiger partial charge in [0.25, 0.3) is 0 Å². The SMILES string of the molecule is O=C(/C=C/[C]1[CH][CH][CH][CH]1)c1cccs1.[CH]1[CH][CH][CH][CH]1.[Fe]. The molecule has 2 aliphatic carbocycles. The monoisotopic (exact) mass is 322 g/mol. The number of hydrogen-bond donors (Lipinski definition) is 0. The minimum atomic E-state index is 0. The van der Waals surface area contributed by atoms with Crippen molar-refractivity contribution in [3.8, 4) is 0 Å². The van der Waals surface area contributed by atoms with Gasteiger partial charge >= 0.3 is 0 Å². The van der Waals surface area contributed by atoms with Crippen LogP contribution in [0.15, 0.2) is 29.7 Å². The van der Waals surface area contributed by atoms with E-state index in [2.05, 4.69) is 0 Å². The molecule has 0 unspecified atom stereocenters. The number of hydrogen-bond acceptors (Lipinski definition) is 2. The molecule has 1 aromatic heterocycles. The molecule has 0 spiro atoms. The average Bonchev–Trinajstić information content (AvgIpc) is 3.21. The number of allylic oxidation sites excluding steroid dienone is 2. The Morgan fingerprint density at radius 3 is 2.05 bits per heavy atom. The predicted molar refractivity (Wildman–Crippen MR) is 79.7 cm³/mol. The molecular formula is C17H14FeOS. The molecule has 0 atom stereocenters. The average molecular weight is 322 g/mol. The van der Waals surface area contributed by atoms with Crippen LogP contribution in [0, 0.1) is 63.7 Å². The van der Waals surface area contributed by atoms with Crippen molar-refractivity contribution in [3.05, 3.63) is 98.2 Å². The first-order valence-electron chi connectivity index (χ1n) is 6.00. The topological polar surface area (TPSA) is 17.1 Å². The molecule has 3 heteroatoms. The van der Waals surface area contributed by atoms with E-state index in [9.17, 15) is 4.79 Å². The molecule has 0 aromatic carbocycles. The zero-order valence-corrected chi connectivity index (χ0v) is 12.7. The van der Waals surface area contributed by atoms with Crippen molar-refractivity contribution >= 4 is 17.1 Å². The summed E-state index contributed by atoms with van der Waals surface area (Å²) in [4.78, 5) is 12.3. The molecule has 0 saturated heterocycles. The maximum atomic E-state index is 11.5. The summed E-state index contributed by atoms with van der Waals surface area (Å²) in [6.07, 6.45) is 21.3. The van der Waals surface area contributed by atoms with Crippen molar-refractivity contribution in [3.63, 3.8) is 0 Å². The molecule has 1 nitrogen and oxygen atoms in total. The van der Waals surface area contributed by atoms with Gasteiger partial charge in [-0.05, 0) is 75.3 Å². The van der Waals surface area contributed by atoms with Crippen LogP contribution < -0.4 is 0 Å². The van der Waals surface area contributed by atoms with Gasteiger partial charge in [-0.3, -0.25) is 4.79 Å². The van der Waals surface area contributed by atoms with E-state index < -0.39 is 0 Å². The summed E-state index contributed by atoms with van der Waals surface area (Å²) in [7, 11) is 0. The molecule has 20 heavy (non-hydrogen) atoms. The smallest absolute Gasteiger partial charge is 0.195 e. The summed E-state index contributed by atoms with van der Waals surface area (Å²) in [5.74, 6) is 1.14. The zero-order chi connectivity index (χ0) is 13.3. The first-order chi connectivity index (χ1) is 9.36. The van der Waals surface area contributed by atoms with E-state index in [1.54, 1.807) is 6.08 Å². The number of carbonyl (C=O) groups is 1. The molecule has 1 heterocycles. The van der Waals surface area contributed by atoms with Gasteiger partial charge in [-0.15, -0.1) is 11.3 Å². The van der Waals surface area contributed by atoms with Crippen LogP contribution in [0.2, 0.25) is 0 Å². The van der Waals surface area contributed by atoms with Crippen LogP contribution in [0.1, 0.15) is 9.67 Å². The van der Waals surface area contributed by atoms with Gasteiger partial charge in [0.05, 0.1) is 4.88 Å². The Balaban J connectivity index is 0.000000283. The maximum Gasteiger partial charge on any atom is 0.195 e. The molecule has 2 saturated carbocycles. The maximum absolute atomic E-state index is 11.5. The van der Waals surface area contributed by atoms with Crippen LogP contribution in [0.4, 0.5) is 0 Å². The fourth-order valence-electron chi connectivity index (χ4n) is 1.49. The second-order valence-electron chi connectivity index (χ2n) is 3.86. The summed E-state index contributed by atoms with van der Waals surface area (Å²) >= 11 is 1.47. The number of thiophene rings is 1. The van der Waals surface area contributed by atoms with Crippen molar-refractivity contribution in [2.24, 2.45) is 0 Å². The van der Waals surface area contributed by atoms with Crippen molar-refractivity contribution in [1.29, 1.82) is 0 Å². The summed E-state index contributed by atoms with van der Waals surface area (Å²) in [6, 6.07) is 3.72. The molecule has 0 aliphatic heterocycles. The molecule has 102 valence electrons. The van der Waals surface area contributed by atoms with Gasteiger partial charge in [-0.25, -0.2) is 0 Å². The van der Waals surface area contributed by atoms with E-state index in [4.69, 9.17) is 0 Å². The third-order valence-electron chi connectivity index (χ3n) is 2.44. The van der Waals surface area contributed by atoms with Gasteiger partial charge in [0.1, 0.15) is 0 Å². The Bertz CT molecular complexity index is 380. The molecule has 2 aliphatic rings. The van der Waals surface area contributed by atoms with Crippen molar-refractivity contribution in [2.75, 3.05) is 0 Å². The normalized spacial score (nSPS) is 18.6. The Hall–Kier alpha value is -0.371. The van der Waals surface area contributed by atoms with E-state index in [0.717, 1.165) is 10.8 Å². The first kappa shape index (κ1) is 17.7. The Labute approximate surface area is 137 Å². The summed E-state index contributed by atoms with van der Waals surface area (Å²) < 4.78 is 0. The van der Waals surface area contributed by atoms with E-state index in [-0.39, 0.29) is 22.9 Å². The summed E-state index contributed by atoms with van der Waals surface area (Å²) in [6.45, 7) is 0. The molecule has 0 amide bonds. The predicted octanol–water partition coefficient (Wildman–Crippen LogP) is 3.91. The standard InChI is InChI=1S/C12H9OS.C5H5.Fe/c13-11(12-6-3-9-14-12)8-7-10-4-1-2-5-10;1-2-4-5-3-1;/h1-9H;1-5H;/b8-7+;;. The minimum Gasteiger partial charge on any atom is -0.288 e. The Morgan fingerprint density at radius 2 is 1.55 bits per heavy atom. The second kappa shape index (κ2) is 10.4. The van der Waals surface area contributed by atoms with Crippen LogP contribution in [0.5, 0.6) is 0 Å². The van der Waals surface area contributed by atoms with Crippen molar-refractivity contribution in [2.45, 2.75) is 0 Å². The third kappa shape index (κ3) is 6.39. The van der Waals surface area contributed by atoms with Gasteiger partial charge < -0.3 is 0 Å². The van der Waals surface area contributed by atoms with E-state index >= 15 is 0 Å². The van der Waals surface area contributed by atoms with Gasteiger partial charge in [0, 0.05) is 23.0 Å². The van der Waals surface area contributed by atoms with Gasteiger partial charge in [0.15, 0.2) is 5.78 Å². The fourth-order valence-corrected chi connectivity index (χ4v) is 2.14. The summed E-state index contributed by atoms with van der Waals surface area (Å²) in [5, 5.41) is 1.91. The summed E-state index contributed by atoms with van der Waals surface area (Å²) in [5.41, 5.74) is 0. The molecule has 0 bridgehead atoms. The van der Waals surface area contributed by atoms with Crippen LogP contribution in [0.25, 0.3) is 0 Å². The molecule has 10 radical (unpaired) electrons. The second-order valence-corrected chi connectivity index (χ2v) is 4.80. The zero-order valence-electron chi connectivity index (χ0n) is 10.8. The fraction of sp³-hybridized carbons (Fsp3) is 0. The minimum absolute atomic E-state index is 0. The van der Waals surface area contributed by atoms with Crippen molar-refractivity contribution < 1.29 is 21.9 Å². The van der Waals surface area contributed by atoms with E-state index in [0.29, 0.717) is 0 Å². The van der Waals surface area contributed by atoms with E-state index in [1.165, 1.54) is 11.3 Å². The number of carbonyl (C=O) groups excluding carboxylic acids is 1. The van der Waals surface area contributed by atoms with Crippen molar-refractivity contribution in [1.82, 2.24) is 0 Å². The Kier molecular flexibility index (Phi) is 9.17. The number of ketones is 1. The van der Waals surface area contributed by atoms with E-state index in [1.807, 2.05) is 81.4 Å². The molecular weight excluding hydrogens is 308 g/mol. The number of rotatable bonds is 3. The third-order valence-corrected chi connectivity index (χ3v) is 3.32. The molecule has 3 rings (SSSR count). The Morgan fingerprint density at radius 1 is 0.950 bits per heavy atom. The van der Waals surface area contributed by atoms with Gasteiger partial charge in [-0.2, -0.15) is 0 Å². The quantitative estimate of drug-likeness (QED) is 0.468. The molecule has 1 aromatic rings. The molecule has 2 fully saturated rings. The van der Waals surface area contributed by atoms with Gasteiger partial charge in [0.2, 0.25) is 0 Å². The van der Waals surface area contributed by atoms with Crippen LogP contribution in [-0.2, 0) is 17.1 Å². The largest absolute Gasteiger partial charge is 0.288 e. The first-order valence-corrected chi connectivity index (χ1v) is 6.88. The van der Waals surface area contributed by atoms with Crippen LogP contribution in [-0.4, -0.2) is 5.78 Å². The van der Waals surface area contributed by atoms with Crippen LogP contribution in [0.3, 0.4) is 0 Å². The molecule has 0 N–H and O–H groups in total.